The molecule has 0 aromatic heterocycles. The molecule has 0 atom stereocenters. The number of aryl methyl sites for hydroxylation is 1. The molecule has 158 valence electrons. The standard InChI is InChI=1S/C26H34F2O/c1-3-5-20-17-25(27)24(26(28)18-20)15-8-19-6-9-21(10-7-19)22-11-13-23(14-12-22)29-16-4-2/h4,17-19,21-23H,2-3,5-7,9-14,16H2,1H3. The molecule has 0 bridgehead atoms. The molecule has 1 nitrogen and oxygen atoms in total. The molecule has 29 heavy (non-hydrogen) atoms. The summed E-state index contributed by atoms with van der Waals surface area (Å²) >= 11 is 0. The lowest BCUT2D eigenvalue weighted by Gasteiger charge is -2.36. The first-order chi connectivity index (χ1) is 14.1. The van der Waals surface area contributed by atoms with Crippen molar-refractivity contribution in [2.45, 2.75) is 77.2 Å². The molecular formula is C26H34F2O. The fourth-order valence-corrected chi connectivity index (χ4v) is 5.02. The lowest BCUT2D eigenvalue weighted by atomic mass is 9.70. The second-order valence-electron chi connectivity index (χ2n) is 8.72. The summed E-state index contributed by atoms with van der Waals surface area (Å²) < 4.78 is 34.3. The van der Waals surface area contributed by atoms with Gasteiger partial charge in [-0.3, -0.25) is 0 Å². The van der Waals surface area contributed by atoms with Crippen molar-refractivity contribution in [2.24, 2.45) is 17.8 Å². The third-order valence-corrected chi connectivity index (χ3v) is 6.65. The summed E-state index contributed by atoms with van der Waals surface area (Å²) in [5.74, 6) is 6.76. The SMILES string of the molecule is C=CCOC1CCC(C2CCC(C#Cc3c(F)cc(CCC)cc3F)CC2)CC1. The van der Waals surface area contributed by atoms with Gasteiger partial charge in [-0.05, 0) is 87.3 Å². The van der Waals surface area contributed by atoms with Crippen molar-refractivity contribution < 1.29 is 13.5 Å². The maximum Gasteiger partial charge on any atom is 0.142 e. The van der Waals surface area contributed by atoms with E-state index < -0.39 is 11.6 Å². The predicted molar refractivity (Wildman–Crippen MR) is 115 cm³/mol. The third kappa shape index (κ3) is 6.16. The van der Waals surface area contributed by atoms with Gasteiger partial charge in [0.15, 0.2) is 0 Å². The molecule has 1 aromatic carbocycles. The molecule has 0 amide bonds. The Labute approximate surface area is 174 Å². The van der Waals surface area contributed by atoms with Gasteiger partial charge >= 0.3 is 0 Å². The van der Waals surface area contributed by atoms with Crippen molar-refractivity contribution in [3.63, 3.8) is 0 Å². The number of hydrogen-bond donors (Lipinski definition) is 0. The molecule has 0 heterocycles. The summed E-state index contributed by atoms with van der Waals surface area (Å²) in [6, 6.07) is 2.87. The number of halogens is 2. The minimum absolute atomic E-state index is 0.0650. The van der Waals surface area contributed by atoms with Crippen LogP contribution in [-0.2, 0) is 11.2 Å². The third-order valence-electron chi connectivity index (χ3n) is 6.65. The van der Waals surface area contributed by atoms with E-state index in [0.29, 0.717) is 24.7 Å². The highest BCUT2D eigenvalue weighted by Crippen LogP contribution is 2.40. The first kappa shape index (κ1) is 22.0. The number of hydrogen-bond acceptors (Lipinski definition) is 1. The van der Waals surface area contributed by atoms with E-state index in [4.69, 9.17) is 4.74 Å². The maximum atomic E-state index is 14.2. The van der Waals surface area contributed by atoms with Gasteiger partial charge in [0.25, 0.3) is 0 Å². The Bertz CT molecular complexity index is 706. The summed E-state index contributed by atoms with van der Waals surface area (Å²) in [6.07, 6.45) is 13.1. The Morgan fingerprint density at radius 2 is 1.59 bits per heavy atom. The molecule has 0 unspecified atom stereocenters. The zero-order valence-electron chi connectivity index (χ0n) is 17.7. The van der Waals surface area contributed by atoms with E-state index in [1.54, 1.807) is 0 Å². The van der Waals surface area contributed by atoms with Gasteiger partial charge in [-0.2, -0.15) is 0 Å². The van der Waals surface area contributed by atoms with Gasteiger partial charge in [0.05, 0.1) is 18.3 Å². The largest absolute Gasteiger partial charge is 0.374 e. The van der Waals surface area contributed by atoms with Crippen molar-refractivity contribution in [3.8, 4) is 11.8 Å². The number of rotatable bonds is 6. The predicted octanol–water partition coefficient (Wildman–Crippen LogP) is 6.84. The van der Waals surface area contributed by atoms with Crippen molar-refractivity contribution in [2.75, 3.05) is 6.61 Å². The second kappa shape index (κ2) is 10.9. The molecule has 0 aliphatic heterocycles. The molecule has 2 aliphatic carbocycles. The summed E-state index contributed by atoms with van der Waals surface area (Å²) in [5.41, 5.74) is 0.642. The van der Waals surface area contributed by atoms with Crippen LogP contribution in [0.4, 0.5) is 8.78 Å². The van der Waals surface area contributed by atoms with Gasteiger partial charge in [0.2, 0.25) is 0 Å². The van der Waals surface area contributed by atoms with Gasteiger partial charge in [0.1, 0.15) is 11.6 Å². The van der Waals surface area contributed by atoms with Gasteiger partial charge in [-0.1, -0.05) is 31.3 Å². The smallest absolute Gasteiger partial charge is 0.142 e. The summed E-state index contributed by atoms with van der Waals surface area (Å²) in [4.78, 5) is 0. The molecule has 2 fully saturated rings. The molecule has 2 saturated carbocycles. The van der Waals surface area contributed by atoms with Crippen molar-refractivity contribution >= 4 is 0 Å². The van der Waals surface area contributed by atoms with E-state index >= 15 is 0 Å². The highest BCUT2D eigenvalue weighted by atomic mass is 19.1. The van der Waals surface area contributed by atoms with Gasteiger partial charge in [-0.25, -0.2) is 8.78 Å². The van der Waals surface area contributed by atoms with Gasteiger partial charge in [0, 0.05) is 5.92 Å². The van der Waals surface area contributed by atoms with E-state index in [-0.39, 0.29) is 11.5 Å². The molecule has 3 heteroatoms. The van der Waals surface area contributed by atoms with Gasteiger partial charge in [-0.15, -0.1) is 6.58 Å². The van der Waals surface area contributed by atoms with E-state index in [2.05, 4.69) is 18.4 Å². The Balaban J connectivity index is 1.49. The number of benzene rings is 1. The van der Waals surface area contributed by atoms with E-state index in [0.717, 1.165) is 43.9 Å². The van der Waals surface area contributed by atoms with Crippen LogP contribution in [0.15, 0.2) is 24.8 Å². The minimum Gasteiger partial charge on any atom is -0.374 e. The minimum atomic E-state index is -0.523. The molecule has 1 aromatic rings. The average molecular weight is 401 g/mol. The highest BCUT2D eigenvalue weighted by Gasteiger charge is 2.30. The van der Waals surface area contributed by atoms with Crippen molar-refractivity contribution in [1.82, 2.24) is 0 Å². The van der Waals surface area contributed by atoms with Crippen LogP contribution in [0.3, 0.4) is 0 Å². The Hall–Kier alpha value is -1.66. The quantitative estimate of drug-likeness (QED) is 0.375. The summed E-state index contributed by atoms with van der Waals surface area (Å²) in [6.45, 7) is 6.37. The fourth-order valence-electron chi connectivity index (χ4n) is 5.02. The van der Waals surface area contributed by atoms with Gasteiger partial charge < -0.3 is 4.74 Å². The molecule has 0 radical (unpaired) electrons. The molecule has 3 rings (SSSR count). The lowest BCUT2D eigenvalue weighted by molar-refractivity contribution is 0.0221. The Morgan fingerprint density at radius 3 is 2.14 bits per heavy atom. The normalized spacial score (nSPS) is 27.1. The lowest BCUT2D eigenvalue weighted by Crippen LogP contribution is -2.28. The maximum absolute atomic E-state index is 14.2. The molecule has 0 saturated heterocycles. The number of ether oxygens (including phenoxy) is 1. The highest BCUT2D eigenvalue weighted by molar-refractivity contribution is 5.39. The summed E-state index contributed by atoms with van der Waals surface area (Å²) in [5, 5.41) is 0. The van der Waals surface area contributed by atoms with Crippen LogP contribution in [0.25, 0.3) is 0 Å². The van der Waals surface area contributed by atoms with Crippen molar-refractivity contribution in [3.05, 3.63) is 47.5 Å². The first-order valence-corrected chi connectivity index (χ1v) is 11.3. The van der Waals surface area contributed by atoms with Crippen molar-refractivity contribution in [1.29, 1.82) is 0 Å². The van der Waals surface area contributed by atoms with Crippen LogP contribution in [0.5, 0.6) is 0 Å². The zero-order valence-corrected chi connectivity index (χ0v) is 17.7. The molecule has 0 N–H and O–H groups in total. The zero-order chi connectivity index (χ0) is 20.6. The Morgan fingerprint density at radius 1 is 1.00 bits per heavy atom. The van der Waals surface area contributed by atoms with Crippen LogP contribution in [0.2, 0.25) is 0 Å². The fraction of sp³-hybridized carbons (Fsp3) is 0.615. The van der Waals surface area contributed by atoms with Crippen LogP contribution in [-0.4, -0.2) is 12.7 Å². The van der Waals surface area contributed by atoms with E-state index in [9.17, 15) is 8.78 Å². The van der Waals surface area contributed by atoms with Crippen LogP contribution in [0, 0.1) is 41.2 Å². The summed E-state index contributed by atoms with van der Waals surface area (Å²) in [7, 11) is 0. The monoisotopic (exact) mass is 400 g/mol. The van der Waals surface area contributed by atoms with Crippen LogP contribution >= 0.6 is 0 Å². The average Bonchev–Trinajstić information content (AvgIpc) is 2.73. The first-order valence-electron chi connectivity index (χ1n) is 11.3. The van der Waals surface area contributed by atoms with E-state index in [1.807, 2.05) is 13.0 Å². The van der Waals surface area contributed by atoms with E-state index in [1.165, 1.54) is 37.8 Å². The van der Waals surface area contributed by atoms with Crippen LogP contribution < -0.4 is 0 Å². The molecule has 0 spiro atoms. The second-order valence-corrected chi connectivity index (χ2v) is 8.72. The Kier molecular flexibility index (Phi) is 8.30. The van der Waals surface area contributed by atoms with Crippen LogP contribution in [0.1, 0.15) is 75.8 Å². The topological polar surface area (TPSA) is 9.23 Å². The molecule has 2 aliphatic rings. The molecular weight excluding hydrogens is 366 g/mol.